The van der Waals surface area contributed by atoms with Crippen molar-refractivity contribution in [3.05, 3.63) is 23.4 Å². The number of hydrogen-bond donors (Lipinski definition) is 2. The second-order valence-corrected chi connectivity index (χ2v) is 6.32. The van der Waals surface area contributed by atoms with Gasteiger partial charge in [0.15, 0.2) is 5.82 Å². The summed E-state index contributed by atoms with van der Waals surface area (Å²) in [5.41, 5.74) is 10.4. The Balaban J connectivity index is 0.00000220. The number of likely N-dealkylation sites (N-methyl/N-ethyl adjacent to an activating group) is 1. The van der Waals surface area contributed by atoms with Crippen LogP contribution >= 0.6 is 12.4 Å². The van der Waals surface area contributed by atoms with E-state index in [4.69, 9.17) is 5.73 Å². The Bertz CT molecular complexity index is 616. The minimum atomic E-state index is 0. The fourth-order valence-electron chi connectivity index (χ4n) is 2.29. The molecule has 2 aromatic heterocycles. The van der Waals surface area contributed by atoms with Crippen LogP contribution in [0.3, 0.4) is 0 Å². The van der Waals surface area contributed by atoms with Gasteiger partial charge < -0.3 is 27.9 Å². The first-order valence-corrected chi connectivity index (χ1v) is 7.14. The van der Waals surface area contributed by atoms with E-state index in [1.165, 1.54) is 5.56 Å². The van der Waals surface area contributed by atoms with E-state index in [1.54, 1.807) is 0 Å². The molecule has 0 aliphatic heterocycles. The Kier molecular flexibility index (Phi) is 7.48. The highest BCUT2D eigenvalue weighted by atomic mass is 35.5. The highest BCUT2D eigenvalue weighted by molar-refractivity contribution is 5.85. The molecule has 2 aromatic rings. The topological polar surface area (TPSA) is 55.3 Å². The number of nitrogens with two attached hydrogens (primary N) is 1. The van der Waals surface area contributed by atoms with Crippen molar-refractivity contribution in [3.63, 3.8) is 0 Å². The maximum absolute atomic E-state index is 6.28. The van der Waals surface area contributed by atoms with Gasteiger partial charge in [0.25, 0.3) is 0 Å². The molecule has 0 bridgehead atoms. The molecule has 0 amide bonds. The molecule has 0 saturated carbocycles. The van der Waals surface area contributed by atoms with E-state index >= 15 is 0 Å². The van der Waals surface area contributed by atoms with Gasteiger partial charge >= 0.3 is 0 Å². The van der Waals surface area contributed by atoms with Gasteiger partial charge in [-0.1, -0.05) is 13.0 Å². The molecule has 0 radical (unpaired) electrons. The van der Waals surface area contributed by atoms with Gasteiger partial charge in [0, 0.05) is 5.69 Å². The van der Waals surface area contributed by atoms with E-state index in [2.05, 4.69) is 57.5 Å². The molecule has 22 heavy (non-hydrogen) atoms. The molecule has 0 aromatic carbocycles. The number of anilines is 2. The van der Waals surface area contributed by atoms with Crippen LogP contribution in [0.2, 0.25) is 0 Å². The fraction of sp³-hybridized carbons (Fsp3) is 0.533. The average Bonchev–Trinajstić information content (AvgIpc) is 2.68. The van der Waals surface area contributed by atoms with Crippen LogP contribution in [-0.2, 0) is 6.42 Å². The summed E-state index contributed by atoms with van der Waals surface area (Å²) < 4.78 is 2.86. The summed E-state index contributed by atoms with van der Waals surface area (Å²) in [5.74, 6) is 0.794. The second kappa shape index (κ2) is 7.90. The summed E-state index contributed by atoms with van der Waals surface area (Å²) in [6.45, 7) is 6.07. The third-order valence-corrected chi connectivity index (χ3v) is 3.54. The van der Waals surface area contributed by atoms with E-state index < -0.39 is 0 Å². The molecule has 3 N–H and O–H groups in total. The molecule has 0 spiro atoms. The number of nitrogens with zero attached hydrogens (tertiary/aromatic N) is 3. The van der Waals surface area contributed by atoms with Gasteiger partial charge in [0.1, 0.15) is 5.69 Å². The Morgan fingerprint density at radius 3 is 2.45 bits per heavy atom. The van der Waals surface area contributed by atoms with Crippen molar-refractivity contribution in [3.8, 4) is 0 Å². The Morgan fingerprint density at radius 1 is 1.27 bits per heavy atom. The van der Waals surface area contributed by atoms with Gasteiger partial charge in [-0.15, -0.1) is 17.5 Å². The van der Waals surface area contributed by atoms with Crippen LogP contribution in [0.25, 0.3) is 5.52 Å². The number of pyridine rings is 1. The molecular weight excluding hydrogens is 321 g/mol. The van der Waals surface area contributed by atoms with E-state index in [1.807, 2.05) is 4.52 Å². The summed E-state index contributed by atoms with van der Waals surface area (Å²) >= 11 is 0. The molecule has 2 heterocycles. The van der Waals surface area contributed by atoms with Crippen molar-refractivity contribution in [1.29, 1.82) is 0 Å². The summed E-state index contributed by atoms with van der Waals surface area (Å²) in [4.78, 5) is 0. The lowest BCUT2D eigenvalue weighted by molar-refractivity contribution is -0.868. The lowest BCUT2D eigenvalue weighted by Gasteiger charge is -2.23. The SMILES string of the molecule is CCc1ccc(C)n2nc(NCC[N+](C)(C)C)c(N)c12.Cl.[Cl-]. The zero-order valence-corrected chi connectivity index (χ0v) is 15.6. The number of fused-ring (bicyclic) bond motifs is 1. The van der Waals surface area contributed by atoms with E-state index in [0.29, 0.717) is 0 Å². The van der Waals surface area contributed by atoms with Crippen LogP contribution in [0.1, 0.15) is 18.2 Å². The van der Waals surface area contributed by atoms with Crippen molar-refractivity contribution in [2.24, 2.45) is 0 Å². The number of halogens is 2. The lowest BCUT2D eigenvalue weighted by Crippen LogP contribution is -3.00. The largest absolute Gasteiger partial charge is 1.00 e. The Morgan fingerprint density at radius 2 is 1.91 bits per heavy atom. The monoisotopic (exact) mass is 347 g/mol. The lowest BCUT2D eigenvalue weighted by atomic mass is 10.1. The zero-order valence-electron chi connectivity index (χ0n) is 14.0. The highest BCUT2D eigenvalue weighted by Crippen LogP contribution is 2.27. The van der Waals surface area contributed by atoms with Crippen molar-refractivity contribution in [2.45, 2.75) is 20.3 Å². The third-order valence-electron chi connectivity index (χ3n) is 3.54. The van der Waals surface area contributed by atoms with Crippen LogP contribution in [0, 0.1) is 6.92 Å². The van der Waals surface area contributed by atoms with Crippen molar-refractivity contribution < 1.29 is 16.9 Å². The van der Waals surface area contributed by atoms with Crippen LogP contribution in [0.5, 0.6) is 0 Å². The quantitative estimate of drug-likeness (QED) is 0.705. The van der Waals surface area contributed by atoms with Crippen molar-refractivity contribution in [2.75, 3.05) is 45.3 Å². The van der Waals surface area contributed by atoms with Gasteiger partial charge in [-0.2, -0.15) is 0 Å². The number of rotatable bonds is 5. The predicted molar refractivity (Wildman–Crippen MR) is 92.4 cm³/mol. The molecule has 0 aliphatic rings. The Labute approximate surface area is 145 Å². The first kappa shape index (κ1) is 20.8. The van der Waals surface area contributed by atoms with Crippen molar-refractivity contribution in [1.82, 2.24) is 9.61 Å². The number of quaternary nitrogens is 1. The van der Waals surface area contributed by atoms with Gasteiger partial charge in [0.2, 0.25) is 0 Å². The van der Waals surface area contributed by atoms with Crippen LogP contribution < -0.4 is 23.5 Å². The molecule has 0 saturated heterocycles. The minimum Gasteiger partial charge on any atom is -1.00 e. The Hall–Kier alpha value is -1.17. The van der Waals surface area contributed by atoms with E-state index in [-0.39, 0.29) is 24.8 Å². The first-order chi connectivity index (χ1) is 9.33. The van der Waals surface area contributed by atoms with Crippen LogP contribution in [-0.4, -0.2) is 48.3 Å². The first-order valence-electron chi connectivity index (χ1n) is 7.14. The van der Waals surface area contributed by atoms with E-state index in [9.17, 15) is 0 Å². The van der Waals surface area contributed by atoms with Gasteiger partial charge in [-0.25, -0.2) is 4.52 Å². The maximum atomic E-state index is 6.28. The molecule has 0 unspecified atom stereocenters. The summed E-state index contributed by atoms with van der Waals surface area (Å²) in [6, 6.07) is 4.23. The minimum absolute atomic E-state index is 0. The fourth-order valence-corrected chi connectivity index (χ4v) is 2.29. The summed E-state index contributed by atoms with van der Waals surface area (Å²) in [7, 11) is 6.52. The number of hydrogen-bond acceptors (Lipinski definition) is 3. The molecule has 126 valence electrons. The average molecular weight is 348 g/mol. The zero-order chi connectivity index (χ0) is 14.9. The maximum Gasteiger partial charge on any atom is 0.172 e. The van der Waals surface area contributed by atoms with Crippen LogP contribution in [0.15, 0.2) is 12.1 Å². The third kappa shape index (κ3) is 4.41. The molecule has 2 rings (SSSR count). The molecule has 0 fully saturated rings. The summed E-state index contributed by atoms with van der Waals surface area (Å²) in [5, 5.41) is 7.98. The molecule has 0 atom stereocenters. The second-order valence-electron chi connectivity index (χ2n) is 6.32. The van der Waals surface area contributed by atoms with Gasteiger partial charge in [0.05, 0.1) is 39.7 Å². The van der Waals surface area contributed by atoms with Crippen molar-refractivity contribution >= 4 is 29.4 Å². The predicted octanol–water partition coefficient (Wildman–Crippen LogP) is -0.669. The molecule has 7 heteroatoms. The van der Waals surface area contributed by atoms with Crippen LogP contribution in [0.4, 0.5) is 11.5 Å². The number of aryl methyl sites for hydroxylation is 2. The van der Waals surface area contributed by atoms with Gasteiger partial charge in [-0.3, -0.25) is 0 Å². The van der Waals surface area contributed by atoms with E-state index in [0.717, 1.165) is 46.7 Å². The summed E-state index contributed by atoms with van der Waals surface area (Å²) in [6.07, 6.45) is 0.956. The molecule has 5 nitrogen and oxygen atoms in total. The van der Waals surface area contributed by atoms with Gasteiger partial charge in [-0.05, 0) is 25.0 Å². The highest BCUT2D eigenvalue weighted by Gasteiger charge is 2.14. The number of nitrogens with one attached hydrogen (secondary N) is 1. The smallest absolute Gasteiger partial charge is 0.172 e. The normalized spacial score (nSPS) is 11.0. The standard InChI is InChI=1S/C15H26N5.2ClH/c1-6-12-8-7-11(2)19-14(12)13(16)15(18-19)17-9-10-20(3,4)5;;/h7-8H,6,9-10,16H2,1-5H3,(H,17,18);2*1H/q+1;;/p-1. The molecule has 0 aliphatic carbocycles. The molecular formula is C15H27Cl2N5. The number of aromatic nitrogens is 2. The number of nitrogen functional groups attached to an aromatic ring is 1.